The number of sulfonamides is 1. The number of nitrogens with zero attached hydrogens (tertiary/aromatic N) is 2. The Kier molecular flexibility index (Phi) is 6.53. The maximum Gasteiger partial charge on any atom is 0.261 e. The zero-order chi connectivity index (χ0) is 23.6. The number of anilines is 1. The zero-order valence-corrected chi connectivity index (χ0v) is 20.3. The third-order valence-corrected chi connectivity index (χ3v) is 7.66. The number of rotatable bonds is 8. The summed E-state index contributed by atoms with van der Waals surface area (Å²) in [6, 6.07) is 15.3. The molecule has 1 amide bonds. The van der Waals surface area contributed by atoms with Crippen LogP contribution in [0.15, 0.2) is 64.9 Å². The van der Waals surface area contributed by atoms with Gasteiger partial charge in [-0.1, -0.05) is 24.3 Å². The van der Waals surface area contributed by atoms with Crippen molar-refractivity contribution >= 4 is 44.0 Å². The molecule has 0 bridgehead atoms. The predicted molar refractivity (Wildman–Crippen MR) is 132 cm³/mol. The largest absolute Gasteiger partial charge is 0.349 e. The van der Waals surface area contributed by atoms with Crippen molar-refractivity contribution in [1.29, 1.82) is 0 Å². The van der Waals surface area contributed by atoms with Crippen molar-refractivity contribution in [3.63, 3.8) is 0 Å². The van der Waals surface area contributed by atoms with Crippen LogP contribution in [0.4, 0.5) is 5.69 Å². The molecular weight excluding hydrogens is 456 g/mol. The van der Waals surface area contributed by atoms with Crippen LogP contribution >= 0.6 is 11.3 Å². The molecule has 0 aliphatic carbocycles. The number of imidazole rings is 1. The van der Waals surface area contributed by atoms with Crippen molar-refractivity contribution < 1.29 is 13.2 Å². The van der Waals surface area contributed by atoms with E-state index in [0.717, 1.165) is 12.2 Å². The summed E-state index contributed by atoms with van der Waals surface area (Å²) in [4.78, 5) is 19.3. The molecule has 33 heavy (non-hydrogen) atoms. The van der Waals surface area contributed by atoms with Crippen LogP contribution in [0.5, 0.6) is 0 Å². The number of hydrogen-bond donors (Lipinski definition) is 2. The van der Waals surface area contributed by atoms with Crippen LogP contribution < -0.4 is 10.0 Å². The smallest absolute Gasteiger partial charge is 0.261 e. The van der Waals surface area contributed by atoms with Gasteiger partial charge < -0.3 is 9.88 Å². The Balaban J connectivity index is 1.71. The number of amides is 1. The molecule has 4 aromatic rings. The van der Waals surface area contributed by atoms with Crippen molar-refractivity contribution in [3.8, 4) is 0 Å². The number of hydrogen-bond acceptors (Lipinski definition) is 5. The SMILES string of the molecule is CCn1c(C)nc2cc(NS(=O)(=O)c3ccccc3)cc(C(=O)N[C@@H](C)Cc3cccs3)c21. The first-order valence-corrected chi connectivity index (χ1v) is 13.1. The number of thiophene rings is 1. The van der Waals surface area contributed by atoms with Gasteiger partial charge in [0.05, 0.1) is 27.2 Å². The van der Waals surface area contributed by atoms with E-state index in [-0.39, 0.29) is 16.8 Å². The van der Waals surface area contributed by atoms with Gasteiger partial charge in [-0.2, -0.15) is 0 Å². The Morgan fingerprint density at radius 3 is 2.58 bits per heavy atom. The minimum Gasteiger partial charge on any atom is -0.349 e. The maximum atomic E-state index is 13.3. The molecule has 9 heteroatoms. The van der Waals surface area contributed by atoms with E-state index in [1.807, 2.05) is 42.9 Å². The van der Waals surface area contributed by atoms with Crippen LogP contribution in [0.1, 0.15) is 34.9 Å². The average molecular weight is 483 g/mol. The van der Waals surface area contributed by atoms with Gasteiger partial charge in [0.2, 0.25) is 0 Å². The molecule has 2 heterocycles. The molecule has 0 aliphatic rings. The topological polar surface area (TPSA) is 93.1 Å². The minimum absolute atomic E-state index is 0.0880. The summed E-state index contributed by atoms with van der Waals surface area (Å²) in [5.41, 5.74) is 1.94. The minimum atomic E-state index is -3.81. The highest BCUT2D eigenvalue weighted by atomic mass is 32.2. The van der Waals surface area contributed by atoms with Gasteiger partial charge in [0, 0.05) is 23.9 Å². The van der Waals surface area contributed by atoms with E-state index in [4.69, 9.17) is 0 Å². The third-order valence-electron chi connectivity index (χ3n) is 5.36. The van der Waals surface area contributed by atoms with Gasteiger partial charge in [0.1, 0.15) is 5.82 Å². The summed E-state index contributed by atoms with van der Waals surface area (Å²) in [5, 5.41) is 5.07. The summed E-state index contributed by atoms with van der Waals surface area (Å²) < 4.78 is 30.3. The molecule has 7 nitrogen and oxygen atoms in total. The van der Waals surface area contributed by atoms with Crippen LogP contribution in [-0.4, -0.2) is 29.9 Å². The Morgan fingerprint density at radius 1 is 1.15 bits per heavy atom. The monoisotopic (exact) mass is 482 g/mol. The second-order valence-electron chi connectivity index (χ2n) is 7.87. The number of aryl methyl sites for hydroxylation is 2. The third kappa shape index (κ3) is 4.94. The van der Waals surface area contributed by atoms with E-state index >= 15 is 0 Å². The fraction of sp³-hybridized carbons (Fsp3) is 0.250. The zero-order valence-electron chi connectivity index (χ0n) is 18.7. The van der Waals surface area contributed by atoms with E-state index in [2.05, 4.69) is 15.0 Å². The lowest BCUT2D eigenvalue weighted by Gasteiger charge is -2.16. The molecule has 2 N–H and O–H groups in total. The van der Waals surface area contributed by atoms with E-state index in [9.17, 15) is 13.2 Å². The Labute approximate surface area is 197 Å². The molecule has 0 aliphatic heterocycles. The summed E-state index contributed by atoms with van der Waals surface area (Å²) in [6.07, 6.45) is 0.721. The second kappa shape index (κ2) is 9.36. The van der Waals surface area contributed by atoms with Gasteiger partial charge in [0.15, 0.2) is 0 Å². The van der Waals surface area contributed by atoms with Crippen molar-refractivity contribution in [3.05, 3.63) is 76.2 Å². The first-order valence-electron chi connectivity index (χ1n) is 10.7. The summed E-state index contributed by atoms with van der Waals surface area (Å²) in [7, 11) is -3.81. The van der Waals surface area contributed by atoms with Crippen LogP contribution in [0.3, 0.4) is 0 Å². The summed E-state index contributed by atoms with van der Waals surface area (Å²) in [6.45, 7) is 6.46. The molecule has 0 radical (unpaired) electrons. The quantitative estimate of drug-likeness (QED) is 0.384. The molecule has 1 atom stereocenters. The lowest BCUT2D eigenvalue weighted by atomic mass is 10.1. The molecule has 2 aromatic heterocycles. The molecule has 0 spiro atoms. The molecule has 2 aromatic carbocycles. The molecule has 0 fully saturated rings. The van der Waals surface area contributed by atoms with Gasteiger partial charge in [-0.15, -0.1) is 11.3 Å². The van der Waals surface area contributed by atoms with Gasteiger partial charge >= 0.3 is 0 Å². The highest BCUT2D eigenvalue weighted by molar-refractivity contribution is 7.92. The second-order valence-corrected chi connectivity index (χ2v) is 10.6. The number of benzene rings is 2. The van der Waals surface area contributed by atoms with Gasteiger partial charge in [-0.05, 0) is 56.5 Å². The average Bonchev–Trinajstić information content (AvgIpc) is 3.39. The fourth-order valence-electron chi connectivity index (χ4n) is 3.90. The molecular formula is C24H26N4O3S2. The van der Waals surface area contributed by atoms with E-state index in [1.54, 1.807) is 41.7 Å². The fourth-order valence-corrected chi connectivity index (χ4v) is 5.80. The van der Waals surface area contributed by atoms with Crippen LogP contribution in [-0.2, 0) is 23.0 Å². The first-order chi connectivity index (χ1) is 15.8. The number of carbonyl (C=O) groups is 1. The predicted octanol–water partition coefficient (Wildman–Crippen LogP) is 4.59. The molecule has 0 unspecified atom stereocenters. The van der Waals surface area contributed by atoms with Crippen molar-refractivity contribution in [2.45, 2.75) is 44.7 Å². The number of nitrogens with one attached hydrogen (secondary N) is 2. The molecule has 0 saturated heterocycles. The van der Waals surface area contributed by atoms with Crippen LogP contribution in [0, 0.1) is 6.92 Å². The van der Waals surface area contributed by atoms with Crippen LogP contribution in [0.25, 0.3) is 11.0 Å². The number of carbonyl (C=O) groups excluding carboxylic acids is 1. The molecule has 4 rings (SSSR count). The normalized spacial score (nSPS) is 12.6. The number of aromatic nitrogens is 2. The van der Waals surface area contributed by atoms with E-state index < -0.39 is 10.0 Å². The summed E-state index contributed by atoms with van der Waals surface area (Å²) in [5.74, 6) is 0.496. The molecule has 0 saturated carbocycles. The molecule has 172 valence electrons. The first kappa shape index (κ1) is 23.0. The van der Waals surface area contributed by atoms with E-state index in [0.29, 0.717) is 28.8 Å². The van der Waals surface area contributed by atoms with Crippen molar-refractivity contribution in [2.24, 2.45) is 0 Å². The summed E-state index contributed by atoms with van der Waals surface area (Å²) >= 11 is 1.65. The van der Waals surface area contributed by atoms with Gasteiger partial charge in [0.25, 0.3) is 15.9 Å². The van der Waals surface area contributed by atoms with Crippen LogP contribution in [0.2, 0.25) is 0 Å². The lowest BCUT2D eigenvalue weighted by molar-refractivity contribution is 0.0941. The van der Waals surface area contributed by atoms with E-state index in [1.165, 1.54) is 17.0 Å². The van der Waals surface area contributed by atoms with Crippen molar-refractivity contribution in [2.75, 3.05) is 4.72 Å². The highest BCUT2D eigenvalue weighted by Gasteiger charge is 2.22. The Bertz CT molecular complexity index is 1380. The number of fused-ring (bicyclic) bond motifs is 1. The lowest BCUT2D eigenvalue weighted by Crippen LogP contribution is -2.34. The Hall–Kier alpha value is -3.17. The van der Waals surface area contributed by atoms with Crippen molar-refractivity contribution in [1.82, 2.24) is 14.9 Å². The maximum absolute atomic E-state index is 13.3. The Morgan fingerprint density at radius 2 is 1.91 bits per heavy atom. The van der Waals surface area contributed by atoms with Gasteiger partial charge in [-0.3, -0.25) is 9.52 Å². The van der Waals surface area contributed by atoms with Gasteiger partial charge in [-0.25, -0.2) is 13.4 Å². The standard InChI is InChI=1S/C24H26N4O3S2/c1-4-28-17(3)26-22-15-18(27-33(30,31)20-10-6-5-7-11-20)14-21(23(22)28)24(29)25-16(2)13-19-9-8-12-32-19/h5-12,14-16,27H,4,13H2,1-3H3,(H,25,29)/t16-/m0/s1. The highest BCUT2D eigenvalue weighted by Crippen LogP contribution is 2.27.